The molecule has 2 aliphatic carbocycles. The number of nitrogens with one attached hydrogen (secondary N) is 1. The van der Waals surface area contributed by atoms with Crippen LogP contribution >= 0.6 is 0 Å². The standard InChI is InChI=1S/C13H23N/c1-10(2)14-9-12-8-13(12)11-6-4-3-5-7-11/h3-4,10-14H,5-9H2,1-2H3. The highest BCUT2D eigenvalue weighted by Crippen LogP contribution is 2.47. The summed E-state index contributed by atoms with van der Waals surface area (Å²) in [5.41, 5.74) is 0. The average molecular weight is 193 g/mol. The van der Waals surface area contributed by atoms with Crippen molar-refractivity contribution in [1.82, 2.24) is 5.32 Å². The third kappa shape index (κ3) is 2.60. The van der Waals surface area contributed by atoms with Crippen LogP contribution in [0.4, 0.5) is 0 Å². The minimum atomic E-state index is 0.655. The Hall–Kier alpha value is -0.300. The highest BCUT2D eigenvalue weighted by molar-refractivity contribution is 4.99. The van der Waals surface area contributed by atoms with Crippen molar-refractivity contribution in [2.24, 2.45) is 17.8 Å². The molecule has 3 atom stereocenters. The van der Waals surface area contributed by atoms with Gasteiger partial charge in [-0.05, 0) is 50.0 Å². The van der Waals surface area contributed by atoms with Gasteiger partial charge in [0.2, 0.25) is 0 Å². The first kappa shape index (κ1) is 10.2. The second-order valence-electron chi connectivity index (χ2n) is 5.27. The van der Waals surface area contributed by atoms with Crippen molar-refractivity contribution in [3.05, 3.63) is 12.2 Å². The molecule has 0 aromatic heterocycles. The molecule has 0 bridgehead atoms. The van der Waals surface area contributed by atoms with Gasteiger partial charge in [-0.2, -0.15) is 0 Å². The highest BCUT2D eigenvalue weighted by atomic mass is 14.9. The van der Waals surface area contributed by atoms with Crippen molar-refractivity contribution in [1.29, 1.82) is 0 Å². The van der Waals surface area contributed by atoms with E-state index >= 15 is 0 Å². The number of hydrogen-bond donors (Lipinski definition) is 1. The molecule has 3 unspecified atom stereocenters. The van der Waals surface area contributed by atoms with Crippen LogP contribution in [0.25, 0.3) is 0 Å². The lowest BCUT2D eigenvalue weighted by atomic mass is 9.89. The summed E-state index contributed by atoms with van der Waals surface area (Å²) in [6, 6.07) is 0.655. The minimum absolute atomic E-state index is 0.655. The van der Waals surface area contributed by atoms with E-state index in [4.69, 9.17) is 0 Å². The van der Waals surface area contributed by atoms with Gasteiger partial charge in [-0.1, -0.05) is 26.0 Å². The number of hydrogen-bond acceptors (Lipinski definition) is 1. The Morgan fingerprint density at radius 3 is 2.86 bits per heavy atom. The quantitative estimate of drug-likeness (QED) is 0.677. The van der Waals surface area contributed by atoms with E-state index in [9.17, 15) is 0 Å². The van der Waals surface area contributed by atoms with E-state index in [2.05, 4.69) is 31.3 Å². The number of rotatable bonds is 4. The summed E-state index contributed by atoms with van der Waals surface area (Å²) in [4.78, 5) is 0. The van der Waals surface area contributed by atoms with Crippen LogP contribution in [0.15, 0.2) is 12.2 Å². The summed E-state index contributed by atoms with van der Waals surface area (Å²) >= 11 is 0. The Labute approximate surface area is 88.0 Å². The van der Waals surface area contributed by atoms with Gasteiger partial charge in [0.25, 0.3) is 0 Å². The van der Waals surface area contributed by atoms with Crippen molar-refractivity contribution < 1.29 is 0 Å². The Morgan fingerprint density at radius 1 is 1.36 bits per heavy atom. The van der Waals surface area contributed by atoms with Crippen LogP contribution in [-0.4, -0.2) is 12.6 Å². The van der Waals surface area contributed by atoms with Gasteiger partial charge in [0, 0.05) is 6.04 Å². The fourth-order valence-electron chi connectivity index (χ4n) is 2.68. The lowest BCUT2D eigenvalue weighted by Gasteiger charge is -2.18. The SMILES string of the molecule is CC(C)NCC1CC1C1CC=CCC1. The van der Waals surface area contributed by atoms with E-state index in [0.29, 0.717) is 6.04 Å². The fourth-order valence-corrected chi connectivity index (χ4v) is 2.68. The Kier molecular flexibility index (Phi) is 3.27. The molecule has 0 saturated heterocycles. The molecule has 1 fully saturated rings. The number of allylic oxidation sites excluding steroid dienone is 2. The average Bonchev–Trinajstić information content (AvgIpc) is 2.95. The highest BCUT2D eigenvalue weighted by Gasteiger charge is 2.41. The topological polar surface area (TPSA) is 12.0 Å². The zero-order valence-corrected chi connectivity index (χ0v) is 9.50. The maximum Gasteiger partial charge on any atom is 0.00104 e. The minimum Gasteiger partial charge on any atom is -0.314 e. The van der Waals surface area contributed by atoms with Crippen LogP contribution < -0.4 is 5.32 Å². The van der Waals surface area contributed by atoms with Crippen molar-refractivity contribution in [2.45, 2.75) is 45.6 Å². The van der Waals surface area contributed by atoms with Crippen molar-refractivity contribution >= 4 is 0 Å². The fraction of sp³-hybridized carbons (Fsp3) is 0.846. The molecule has 0 spiro atoms. The molecule has 0 amide bonds. The summed E-state index contributed by atoms with van der Waals surface area (Å²) < 4.78 is 0. The molecule has 1 heteroatoms. The molecule has 1 nitrogen and oxygen atoms in total. The van der Waals surface area contributed by atoms with Crippen molar-refractivity contribution in [3.8, 4) is 0 Å². The molecule has 80 valence electrons. The summed E-state index contributed by atoms with van der Waals surface area (Å²) in [6.07, 6.45) is 10.3. The predicted molar refractivity (Wildman–Crippen MR) is 61.2 cm³/mol. The van der Waals surface area contributed by atoms with E-state index in [1.807, 2.05) is 0 Å². The molecular weight excluding hydrogens is 170 g/mol. The monoisotopic (exact) mass is 193 g/mol. The van der Waals surface area contributed by atoms with Gasteiger partial charge in [-0.25, -0.2) is 0 Å². The van der Waals surface area contributed by atoms with Gasteiger partial charge >= 0.3 is 0 Å². The smallest absolute Gasteiger partial charge is 0.00104 e. The molecule has 2 aliphatic rings. The lowest BCUT2D eigenvalue weighted by Crippen LogP contribution is -2.25. The molecule has 0 radical (unpaired) electrons. The first-order chi connectivity index (χ1) is 6.77. The predicted octanol–water partition coefficient (Wildman–Crippen LogP) is 2.98. The first-order valence-corrected chi connectivity index (χ1v) is 6.15. The largest absolute Gasteiger partial charge is 0.314 e. The maximum atomic E-state index is 3.56. The normalized spacial score (nSPS) is 36.4. The summed E-state index contributed by atoms with van der Waals surface area (Å²) in [5.74, 6) is 3.05. The van der Waals surface area contributed by atoms with E-state index in [0.717, 1.165) is 17.8 Å². The van der Waals surface area contributed by atoms with Crippen molar-refractivity contribution in [2.75, 3.05) is 6.54 Å². The molecule has 14 heavy (non-hydrogen) atoms. The van der Waals surface area contributed by atoms with Crippen LogP contribution in [-0.2, 0) is 0 Å². The van der Waals surface area contributed by atoms with Crippen LogP contribution in [0.3, 0.4) is 0 Å². The molecule has 0 aromatic carbocycles. The maximum absolute atomic E-state index is 3.56. The van der Waals surface area contributed by atoms with Gasteiger partial charge in [-0.3, -0.25) is 0 Å². The van der Waals surface area contributed by atoms with Gasteiger partial charge in [-0.15, -0.1) is 0 Å². The molecule has 1 N–H and O–H groups in total. The van der Waals surface area contributed by atoms with Gasteiger partial charge < -0.3 is 5.32 Å². The van der Waals surface area contributed by atoms with E-state index in [1.165, 1.54) is 32.2 Å². The Morgan fingerprint density at radius 2 is 2.21 bits per heavy atom. The second-order valence-corrected chi connectivity index (χ2v) is 5.27. The summed E-state index contributed by atoms with van der Waals surface area (Å²) in [7, 11) is 0. The van der Waals surface area contributed by atoms with E-state index in [1.54, 1.807) is 0 Å². The molecule has 2 rings (SSSR count). The second kappa shape index (κ2) is 4.48. The zero-order chi connectivity index (χ0) is 9.97. The lowest BCUT2D eigenvalue weighted by molar-refractivity contribution is 0.392. The summed E-state index contributed by atoms with van der Waals surface area (Å²) in [5, 5.41) is 3.56. The Bertz CT molecular complexity index is 207. The Balaban J connectivity index is 1.68. The van der Waals surface area contributed by atoms with Gasteiger partial charge in [0.05, 0.1) is 0 Å². The van der Waals surface area contributed by atoms with Crippen LogP contribution in [0, 0.1) is 17.8 Å². The molecule has 0 aromatic rings. The van der Waals surface area contributed by atoms with Gasteiger partial charge in [0.1, 0.15) is 0 Å². The van der Waals surface area contributed by atoms with Crippen molar-refractivity contribution in [3.63, 3.8) is 0 Å². The summed E-state index contributed by atoms with van der Waals surface area (Å²) in [6.45, 7) is 5.73. The molecular formula is C13H23N. The van der Waals surface area contributed by atoms with Crippen LogP contribution in [0.1, 0.15) is 39.5 Å². The molecule has 0 aliphatic heterocycles. The molecule has 1 saturated carbocycles. The molecule has 0 heterocycles. The van der Waals surface area contributed by atoms with E-state index < -0.39 is 0 Å². The zero-order valence-electron chi connectivity index (χ0n) is 9.50. The van der Waals surface area contributed by atoms with Crippen LogP contribution in [0.2, 0.25) is 0 Å². The first-order valence-electron chi connectivity index (χ1n) is 6.15. The van der Waals surface area contributed by atoms with E-state index in [-0.39, 0.29) is 0 Å². The third-order valence-corrected chi connectivity index (χ3v) is 3.68. The third-order valence-electron chi connectivity index (χ3n) is 3.68. The van der Waals surface area contributed by atoms with Gasteiger partial charge in [0.15, 0.2) is 0 Å². The van der Waals surface area contributed by atoms with Crippen LogP contribution in [0.5, 0.6) is 0 Å².